The van der Waals surface area contributed by atoms with E-state index in [0.29, 0.717) is 25.4 Å². The summed E-state index contributed by atoms with van der Waals surface area (Å²) in [7, 11) is 0. The Hall–Kier alpha value is -1.55. The van der Waals surface area contributed by atoms with Gasteiger partial charge in [0.25, 0.3) is 0 Å². The van der Waals surface area contributed by atoms with Crippen LogP contribution in [0.2, 0.25) is 0 Å². The zero-order valence-corrected chi connectivity index (χ0v) is 11.5. The molecular weight excluding hydrogens is 240 g/mol. The lowest BCUT2D eigenvalue weighted by molar-refractivity contribution is -0.122. The first-order valence-corrected chi connectivity index (χ1v) is 6.86. The van der Waals surface area contributed by atoms with Crippen LogP contribution in [0.25, 0.3) is 0 Å². The molecule has 0 aliphatic carbocycles. The van der Waals surface area contributed by atoms with E-state index in [1.165, 1.54) is 0 Å². The largest absolute Gasteiger partial charge is 0.391 e. The molecule has 2 unspecified atom stereocenters. The molecule has 2 rings (SSSR count). The Kier molecular flexibility index (Phi) is 4.43. The number of hydrogen-bond donors (Lipinski definition) is 3. The Morgan fingerprint density at radius 2 is 2.21 bits per heavy atom. The van der Waals surface area contributed by atoms with Gasteiger partial charge in [-0.05, 0) is 24.0 Å². The van der Waals surface area contributed by atoms with E-state index >= 15 is 0 Å². The van der Waals surface area contributed by atoms with Crippen LogP contribution in [0.4, 0.5) is 5.69 Å². The lowest BCUT2D eigenvalue weighted by Crippen LogP contribution is -2.36. The fraction of sp³-hybridized carbons (Fsp3) is 0.533. The van der Waals surface area contributed by atoms with E-state index in [2.05, 4.69) is 24.5 Å². The Balaban J connectivity index is 1.88. The maximum absolute atomic E-state index is 12.1. The highest BCUT2D eigenvalue weighted by Crippen LogP contribution is 2.30. The number of aliphatic hydroxyl groups excluding tert-OH is 1. The van der Waals surface area contributed by atoms with Crippen molar-refractivity contribution in [3.8, 4) is 0 Å². The quantitative estimate of drug-likeness (QED) is 0.757. The minimum absolute atomic E-state index is 0.0137. The first kappa shape index (κ1) is 13.9. The van der Waals surface area contributed by atoms with Gasteiger partial charge in [0.15, 0.2) is 0 Å². The maximum Gasteiger partial charge on any atom is 0.229 e. The number of hydrogen-bond acceptors (Lipinski definition) is 3. The van der Waals surface area contributed by atoms with Crippen molar-refractivity contribution in [1.29, 1.82) is 0 Å². The van der Waals surface area contributed by atoms with Crippen molar-refractivity contribution in [3.63, 3.8) is 0 Å². The molecule has 1 heterocycles. The molecule has 1 aromatic rings. The standard InChI is InChI=1S/C15H22N2O2/c1-10(2)7-11(18)8-17-15(19)13-9-16-14-6-4-3-5-12(13)14/h3-6,10-11,13,16,18H,7-9H2,1-2H3,(H,17,19). The molecule has 4 nitrogen and oxygen atoms in total. The Morgan fingerprint density at radius 3 is 2.95 bits per heavy atom. The van der Waals surface area contributed by atoms with E-state index in [1.807, 2.05) is 24.3 Å². The van der Waals surface area contributed by atoms with Crippen molar-refractivity contribution in [3.05, 3.63) is 29.8 Å². The smallest absolute Gasteiger partial charge is 0.229 e. The van der Waals surface area contributed by atoms with Crippen LogP contribution in [-0.4, -0.2) is 30.2 Å². The fourth-order valence-electron chi connectivity index (χ4n) is 2.49. The van der Waals surface area contributed by atoms with E-state index in [4.69, 9.17) is 0 Å². The van der Waals surface area contributed by atoms with E-state index in [1.54, 1.807) is 0 Å². The predicted octanol–water partition coefficient (Wildman–Crippen LogP) is 1.72. The van der Waals surface area contributed by atoms with Gasteiger partial charge in [0.05, 0.1) is 12.0 Å². The van der Waals surface area contributed by atoms with Crippen molar-refractivity contribution in [2.24, 2.45) is 5.92 Å². The normalized spacial score (nSPS) is 18.8. The highest BCUT2D eigenvalue weighted by atomic mass is 16.3. The van der Waals surface area contributed by atoms with Crippen molar-refractivity contribution < 1.29 is 9.90 Å². The lowest BCUT2D eigenvalue weighted by Gasteiger charge is -2.16. The molecule has 0 bridgehead atoms. The Morgan fingerprint density at radius 1 is 1.47 bits per heavy atom. The highest BCUT2D eigenvalue weighted by Gasteiger charge is 2.28. The molecule has 1 aliphatic heterocycles. The van der Waals surface area contributed by atoms with Gasteiger partial charge in [-0.25, -0.2) is 0 Å². The number of para-hydroxylation sites is 1. The minimum atomic E-state index is -0.464. The van der Waals surface area contributed by atoms with Crippen LogP contribution in [0.3, 0.4) is 0 Å². The zero-order valence-electron chi connectivity index (χ0n) is 11.5. The van der Waals surface area contributed by atoms with Crippen LogP contribution in [0.5, 0.6) is 0 Å². The van der Waals surface area contributed by atoms with Crippen molar-refractivity contribution in [2.45, 2.75) is 32.3 Å². The summed E-state index contributed by atoms with van der Waals surface area (Å²) in [5.74, 6) is 0.267. The summed E-state index contributed by atoms with van der Waals surface area (Å²) in [6.07, 6.45) is 0.244. The van der Waals surface area contributed by atoms with Gasteiger partial charge in [-0.3, -0.25) is 4.79 Å². The molecule has 0 saturated carbocycles. The van der Waals surface area contributed by atoms with Crippen molar-refractivity contribution in [1.82, 2.24) is 5.32 Å². The molecule has 104 valence electrons. The number of amides is 1. The Labute approximate surface area is 114 Å². The summed E-state index contributed by atoms with van der Waals surface area (Å²) in [5.41, 5.74) is 2.07. The molecule has 1 aliphatic rings. The van der Waals surface area contributed by atoms with Crippen LogP contribution >= 0.6 is 0 Å². The van der Waals surface area contributed by atoms with Crippen LogP contribution in [0, 0.1) is 5.92 Å². The molecule has 0 fully saturated rings. The first-order chi connectivity index (χ1) is 9.08. The van der Waals surface area contributed by atoms with Gasteiger partial charge in [-0.15, -0.1) is 0 Å². The predicted molar refractivity (Wildman–Crippen MR) is 76.1 cm³/mol. The lowest BCUT2D eigenvalue weighted by atomic mass is 10.00. The monoisotopic (exact) mass is 262 g/mol. The number of benzene rings is 1. The average Bonchev–Trinajstić information content (AvgIpc) is 2.79. The second kappa shape index (κ2) is 6.06. The molecule has 19 heavy (non-hydrogen) atoms. The van der Waals surface area contributed by atoms with Gasteiger partial charge < -0.3 is 15.7 Å². The molecule has 1 amide bonds. The number of anilines is 1. The van der Waals surface area contributed by atoms with Gasteiger partial charge >= 0.3 is 0 Å². The molecular formula is C15H22N2O2. The van der Waals surface area contributed by atoms with Gasteiger partial charge in [0.2, 0.25) is 5.91 Å². The van der Waals surface area contributed by atoms with Crippen molar-refractivity contribution >= 4 is 11.6 Å². The summed E-state index contributed by atoms with van der Waals surface area (Å²) >= 11 is 0. The van der Waals surface area contributed by atoms with Crippen molar-refractivity contribution in [2.75, 3.05) is 18.4 Å². The number of rotatable bonds is 5. The second-order valence-electron chi connectivity index (χ2n) is 5.55. The topological polar surface area (TPSA) is 61.4 Å². The van der Waals surface area contributed by atoms with E-state index < -0.39 is 6.10 Å². The summed E-state index contributed by atoms with van der Waals surface area (Å²) in [6, 6.07) is 7.86. The SMILES string of the molecule is CC(C)CC(O)CNC(=O)C1CNc2ccccc21. The number of aliphatic hydroxyl groups is 1. The Bertz CT molecular complexity index is 446. The molecule has 4 heteroatoms. The van der Waals surface area contributed by atoms with Crippen LogP contribution in [-0.2, 0) is 4.79 Å². The molecule has 2 atom stereocenters. The number of fused-ring (bicyclic) bond motifs is 1. The summed E-state index contributed by atoms with van der Waals surface area (Å²) in [4.78, 5) is 12.1. The zero-order chi connectivity index (χ0) is 13.8. The van der Waals surface area contributed by atoms with Gasteiger partial charge in [-0.1, -0.05) is 32.0 Å². The van der Waals surface area contributed by atoms with E-state index in [9.17, 15) is 9.90 Å². The third kappa shape index (κ3) is 3.47. The third-order valence-electron chi connectivity index (χ3n) is 3.40. The van der Waals surface area contributed by atoms with Crippen LogP contribution in [0.15, 0.2) is 24.3 Å². The molecule has 0 spiro atoms. The summed E-state index contributed by atoms with van der Waals surface area (Å²) in [5, 5.41) is 15.8. The molecule has 0 aromatic heterocycles. The highest BCUT2D eigenvalue weighted by molar-refractivity contribution is 5.88. The molecule has 1 aromatic carbocycles. The second-order valence-corrected chi connectivity index (χ2v) is 5.55. The fourth-order valence-corrected chi connectivity index (χ4v) is 2.49. The maximum atomic E-state index is 12.1. The molecule has 0 saturated heterocycles. The number of carbonyl (C=O) groups is 1. The molecule has 0 radical (unpaired) electrons. The van der Waals surface area contributed by atoms with Gasteiger partial charge in [0, 0.05) is 18.8 Å². The van der Waals surface area contributed by atoms with Crippen LogP contribution < -0.4 is 10.6 Å². The third-order valence-corrected chi connectivity index (χ3v) is 3.40. The minimum Gasteiger partial charge on any atom is -0.391 e. The average molecular weight is 262 g/mol. The molecule has 3 N–H and O–H groups in total. The van der Waals surface area contributed by atoms with Gasteiger partial charge in [0.1, 0.15) is 0 Å². The van der Waals surface area contributed by atoms with E-state index in [0.717, 1.165) is 11.3 Å². The van der Waals surface area contributed by atoms with E-state index in [-0.39, 0.29) is 11.8 Å². The number of carbonyl (C=O) groups excluding carboxylic acids is 1. The summed E-state index contributed by atoms with van der Waals surface area (Å²) < 4.78 is 0. The van der Waals surface area contributed by atoms with Gasteiger partial charge in [-0.2, -0.15) is 0 Å². The first-order valence-electron chi connectivity index (χ1n) is 6.86. The summed E-state index contributed by atoms with van der Waals surface area (Å²) in [6.45, 7) is 5.07. The van der Waals surface area contributed by atoms with Crippen LogP contribution in [0.1, 0.15) is 31.7 Å². The number of nitrogens with one attached hydrogen (secondary N) is 2.